The van der Waals surface area contributed by atoms with Crippen molar-refractivity contribution in [2.24, 2.45) is 0 Å². The van der Waals surface area contributed by atoms with Crippen LogP contribution in [0.15, 0.2) is 57.3 Å². The van der Waals surface area contributed by atoms with E-state index < -0.39 is 6.04 Å². The second-order valence-corrected chi connectivity index (χ2v) is 10.8. The normalized spacial score (nSPS) is 14.5. The molecular weight excluding hydrogens is 582 g/mol. The van der Waals surface area contributed by atoms with Crippen molar-refractivity contribution in [2.45, 2.75) is 51.7 Å². The molecular formula is C28H34BrN5O4S. The van der Waals surface area contributed by atoms with Crippen LogP contribution in [-0.4, -0.2) is 46.7 Å². The Balaban J connectivity index is 1.81. The molecule has 0 spiro atoms. The summed E-state index contributed by atoms with van der Waals surface area (Å²) in [6.45, 7) is 8.99. The lowest BCUT2D eigenvalue weighted by Gasteiger charge is -2.29. The van der Waals surface area contributed by atoms with Gasteiger partial charge in [0.25, 0.3) is 5.91 Å². The fraction of sp³-hybridized carbons (Fsp3) is 0.393. The number of hydrogen-bond acceptors (Lipinski definition) is 8. The van der Waals surface area contributed by atoms with Crippen LogP contribution in [0.4, 0.5) is 11.6 Å². The number of rotatable bonds is 12. The number of halogens is 1. The smallest absolute Gasteiger partial charge is 0.255 e. The third-order valence-corrected chi connectivity index (χ3v) is 7.60. The first-order valence-corrected chi connectivity index (χ1v) is 14.8. The predicted molar refractivity (Wildman–Crippen MR) is 158 cm³/mol. The molecule has 0 radical (unpaired) electrons. The summed E-state index contributed by atoms with van der Waals surface area (Å²) >= 11 is 5.25. The van der Waals surface area contributed by atoms with E-state index in [4.69, 9.17) is 24.3 Å². The molecule has 0 fully saturated rings. The molecule has 11 heteroatoms. The fourth-order valence-corrected chi connectivity index (χ4v) is 5.53. The third-order valence-electron chi connectivity index (χ3n) is 5.97. The molecule has 0 saturated heterocycles. The molecule has 208 valence electrons. The monoisotopic (exact) mass is 615 g/mol. The molecule has 2 N–H and O–H groups in total. The molecule has 1 amide bonds. The molecule has 1 unspecified atom stereocenters. The van der Waals surface area contributed by atoms with Crippen molar-refractivity contribution < 1.29 is 19.0 Å². The number of para-hydroxylation sites is 2. The molecule has 4 rings (SSSR count). The first-order chi connectivity index (χ1) is 18.9. The van der Waals surface area contributed by atoms with E-state index in [1.54, 1.807) is 23.6 Å². The van der Waals surface area contributed by atoms with Gasteiger partial charge in [-0.25, -0.2) is 4.68 Å². The summed E-state index contributed by atoms with van der Waals surface area (Å²) in [5.41, 5.74) is 2.57. The van der Waals surface area contributed by atoms with Crippen molar-refractivity contribution in [1.29, 1.82) is 0 Å². The summed E-state index contributed by atoms with van der Waals surface area (Å²) in [6.07, 6.45) is 1.86. The molecule has 9 nitrogen and oxygen atoms in total. The molecule has 1 aliphatic rings. The lowest BCUT2D eigenvalue weighted by Crippen LogP contribution is -2.31. The topological polar surface area (TPSA) is 99.5 Å². The minimum Gasteiger partial charge on any atom is -0.493 e. The second kappa shape index (κ2) is 13.3. The van der Waals surface area contributed by atoms with Gasteiger partial charge >= 0.3 is 0 Å². The van der Waals surface area contributed by atoms with Crippen molar-refractivity contribution in [2.75, 3.05) is 36.7 Å². The highest BCUT2D eigenvalue weighted by Gasteiger charge is 2.35. The number of ether oxygens (including phenoxy) is 3. The van der Waals surface area contributed by atoms with Crippen molar-refractivity contribution in [3.05, 3.63) is 57.7 Å². The van der Waals surface area contributed by atoms with Crippen LogP contribution in [0.2, 0.25) is 0 Å². The van der Waals surface area contributed by atoms with Crippen LogP contribution in [-0.2, 0) is 4.79 Å². The van der Waals surface area contributed by atoms with Gasteiger partial charge in [-0.1, -0.05) is 37.7 Å². The van der Waals surface area contributed by atoms with E-state index in [2.05, 4.69) is 33.5 Å². The number of nitrogens with one attached hydrogen (secondary N) is 2. The Hall–Kier alpha value is -3.18. The number of allylic oxidation sites excluding steroid dienone is 1. The van der Waals surface area contributed by atoms with Crippen molar-refractivity contribution in [1.82, 2.24) is 14.8 Å². The molecule has 2 aromatic carbocycles. The van der Waals surface area contributed by atoms with Gasteiger partial charge in [0.2, 0.25) is 11.1 Å². The van der Waals surface area contributed by atoms with Gasteiger partial charge < -0.3 is 24.8 Å². The molecule has 39 heavy (non-hydrogen) atoms. The highest BCUT2D eigenvalue weighted by Crippen LogP contribution is 2.43. The van der Waals surface area contributed by atoms with Crippen LogP contribution in [0.25, 0.3) is 0 Å². The van der Waals surface area contributed by atoms with Gasteiger partial charge in [-0.2, -0.15) is 4.98 Å². The second-order valence-electron chi connectivity index (χ2n) is 8.84. The quantitative estimate of drug-likeness (QED) is 0.218. The summed E-state index contributed by atoms with van der Waals surface area (Å²) in [4.78, 5) is 18.7. The Labute approximate surface area is 241 Å². The number of carbonyl (C=O) groups excluding carboxylic acids is 1. The molecule has 1 atom stereocenters. The largest absolute Gasteiger partial charge is 0.493 e. The molecule has 2 heterocycles. The zero-order valence-electron chi connectivity index (χ0n) is 22.8. The molecule has 0 aliphatic carbocycles. The number of methoxy groups -OCH3 is 1. The number of nitrogens with zero attached hydrogens (tertiary/aromatic N) is 3. The van der Waals surface area contributed by atoms with E-state index in [1.807, 2.05) is 57.2 Å². The van der Waals surface area contributed by atoms with Crippen LogP contribution in [0.1, 0.15) is 52.1 Å². The highest BCUT2D eigenvalue weighted by atomic mass is 79.9. The number of amides is 1. The average molecular weight is 617 g/mol. The zero-order chi connectivity index (χ0) is 27.9. The van der Waals surface area contributed by atoms with Gasteiger partial charge in [0.15, 0.2) is 11.5 Å². The number of aromatic nitrogens is 3. The van der Waals surface area contributed by atoms with Gasteiger partial charge in [-0.05, 0) is 72.4 Å². The minimum absolute atomic E-state index is 0.275. The van der Waals surface area contributed by atoms with E-state index in [1.165, 1.54) is 0 Å². The standard InChI is InChI=1S/C28H34BrN5O4S/c1-6-13-38-25-19(29)15-18(16-22(25)36-5)24-23(26(35)31-20-11-9-10-12-21(20)37-8-3)17(4)30-27-32-28(33-34(24)27)39-14-7-2/h9-12,15-16,24H,6-8,13-14H2,1-5H3,(H,31,35)(H,30,32,33). The lowest BCUT2D eigenvalue weighted by atomic mass is 9.94. The summed E-state index contributed by atoms with van der Waals surface area (Å²) in [6, 6.07) is 10.7. The van der Waals surface area contributed by atoms with E-state index in [-0.39, 0.29) is 5.91 Å². The van der Waals surface area contributed by atoms with Gasteiger partial charge in [-0.15, -0.1) is 5.10 Å². The van der Waals surface area contributed by atoms with Gasteiger partial charge in [0.05, 0.1) is 36.1 Å². The Kier molecular flexibility index (Phi) is 9.79. The Morgan fingerprint density at radius 2 is 1.95 bits per heavy atom. The Morgan fingerprint density at radius 3 is 2.67 bits per heavy atom. The number of benzene rings is 2. The van der Waals surface area contributed by atoms with Crippen molar-refractivity contribution >= 4 is 45.2 Å². The maximum absolute atomic E-state index is 14.0. The molecule has 0 saturated carbocycles. The SMILES string of the molecule is CCCOc1c(Br)cc(C2C(C(=O)Nc3ccccc3OCC)=C(C)Nc3nc(SCCC)nn32)cc1OC. The summed E-state index contributed by atoms with van der Waals surface area (Å²) < 4.78 is 19.9. The molecule has 3 aromatic rings. The van der Waals surface area contributed by atoms with E-state index >= 15 is 0 Å². The molecule has 0 bridgehead atoms. The van der Waals surface area contributed by atoms with Gasteiger partial charge in [-0.3, -0.25) is 4.79 Å². The van der Waals surface area contributed by atoms with Crippen molar-refractivity contribution in [3.8, 4) is 17.2 Å². The van der Waals surface area contributed by atoms with Crippen LogP contribution in [0.5, 0.6) is 17.2 Å². The van der Waals surface area contributed by atoms with Crippen LogP contribution < -0.4 is 24.8 Å². The Morgan fingerprint density at radius 1 is 1.15 bits per heavy atom. The number of thioether (sulfide) groups is 1. The Bertz CT molecular complexity index is 1360. The summed E-state index contributed by atoms with van der Waals surface area (Å²) in [5, 5.41) is 11.8. The maximum Gasteiger partial charge on any atom is 0.255 e. The van der Waals surface area contributed by atoms with E-state index in [0.717, 1.165) is 28.6 Å². The van der Waals surface area contributed by atoms with Gasteiger partial charge in [0.1, 0.15) is 11.8 Å². The summed E-state index contributed by atoms with van der Waals surface area (Å²) in [7, 11) is 1.60. The number of carbonyl (C=O) groups is 1. The van der Waals surface area contributed by atoms with Crippen LogP contribution >= 0.6 is 27.7 Å². The van der Waals surface area contributed by atoms with Crippen LogP contribution in [0.3, 0.4) is 0 Å². The predicted octanol–water partition coefficient (Wildman–Crippen LogP) is 6.67. The number of fused-ring (bicyclic) bond motifs is 1. The summed E-state index contributed by atoms with van der Waals surface area (Å²) in [5.74, 6) is 2.98. The molecule has 1 aliphatic heterocycles. The zero-order valence-corrected chi connectivity index (χ0v) is 25.2. The first-order valence-electron chi connectivity index (χ1n) is 13.0. The maximum atomic E-state index is 14.0. The molecule has 1 aromatic heterocycles. The first kappa shape index (κ1) is 28.8. The van der Waals surface area contributed by atoms with E-state index in [0.29, 0.717) is 58.5 Å². The fourth-order valence-electron chi connectivity index (χ4n) is 4.27. The van der Waals surface area contributed by atoms with Crippen LogP contribution in [0, 0.1) is 0 Å². The third kappa shape index (κ3) is 6.36. The number of anilines is 2. The number of hydrogen-bond donors (Lipinski definition) is 2. The van der Waals surface area contributed by atoms with Gasteiger partial charge in [0, 0.05) is 11.4 Å². The minimum atomic E-state index is -0.575. The van der Waals surface area contributed by atoms with E-state index in [9.17, 15) is 4.79 Å². The van der Waals surface area contributed by atoms with Crippen molar-refractivity contribution in [3.63, 3.8) is 0 Å². The lowest BCUT2D eigenvalue weighted by molar-refractivity contribution is -0.113. The average Bonchev–Trinajstić information content (AvgIpc) is 3.33. The highest BCUT2D eigenvalue weighted by molar-refractivity contribution is 9.10.